The highest BCUT2D eigenvalue weighted by molar-refractivity contribution is 6.02. The number of halogens is 3. The Morgan fingerprint density at radius 3 is 2.29 bits per heavy atom. The number of aromatic nitrogens is 2. The molecule has 0 fully saturated rings. The number of rotatable bonds is 6. The first-order valence-corrected chi connectivity index (χ1v) is 10.1. The van der Waals surface area contributed by atoms with E-state index in [1.165, 1.54) is 19.2 Å². The van der Waals surface area contributed by atoms with E-state index in [-0.39, 0.29) is 11.5 Å². The number of nitrogens with one attached hydrogen (secondary N) is 1. The number of urea groups is 1. The van der Waals surface area contributed by atoms with Gasteiger partial charge in [0.2, 0.25) is 5.82 Å². The number of carbonyl (C=O) groups is 1. The minimum absolute atomic E-state index is 0.0710. The first kappa shape index (κ1) is 22.8. The van der Waals surface area contributed by atoms with Crippen molar-refractivity contribution in [2.24, 2.45) is 0 Å². The molecule has 0 atom stereocenters. The number of benzene rings is 3. The molecule has 7 nitrogen and oxygen atoms in total. The summed E-state index contributed by atoms with van der Waals surface area (Å²) < 4.78 is 48.8. The van der Waals surface area contributed by atoms with E-state index in [0.29, 0.717) is 23.6 Å². The van der Waals surface area contributed by atoms with Gasteiger partial charge in [0.15, 0.2) is 5.69 Å². The van der Waals surface area contributed by atoms with Gasteiger partial charge in [0, 0.05) is 18.3 Å². The Bertz CT molecular complexity index is 1240. The third-order valence-electron chi connectivity index (χ3n) is 4.98. The lowest BCUT2D eigenvalue weighted by atomic mass is 10.1. The predicted octanol–water partition coefficient (Wildman–Crippen LogP) is 6.00. The number of amides is 2. The van der Waals surface area contributed by atoms with Crippen LogP contribution in [-0.2, 0) is 12.8 Å². The van der Waals surface area contributed by atoms with Gasteiger partial charge < -0.3 is 4.74 Å². The molecule has 0 bridgehead atoms. The van der Waals surface area contributed by atoms with Crippen molar-refractivity contribution in [2.45, 2.75) is 12.8 Å². The van der Waals surface area contributed by atoms with Crippen molar-refractivity contribution in [3.8, 4) is 17.0 Å². The maximum absolute atomic E-state index is 12.8. The highest BCUT2D eigenvalue weighted by Gasteiger charge is 2.30. The largest absolute Gasteiger partial charge is 0.489 e. The fourth-order valence-electron chi connectivity index (χ4n) is 3.09. The van der Waals surface area contributed by atoms with Gasteiger partial charge in [0.05, 0.1) is 5.56 Å². The van der Waals surface area contributed by atoms with Crippen molar-refractivity contribution < 1.29 is 27.3 Å². The van der Waals surface area contributed by atoms with E-state index in [4.69, 9.17) is 9.37 Å². The van der Waals surface area contributed by atoms with E-state index in [9.17, 15) is 18.0 Å². The van der Waals surface area contributed by atoms with Crippen molar-refractivity contribution >= 4 is 17.5 Å². The van der Waals surface area contributed by atoms with E-state index >= 15 is 0 Å². The molecule has 10 heteroatoms. The molecule has 174 valence electrons. The summed E-state index contributed by atoms with van der Waals surface area (Å²) in [5, 5.41) is 10.1. The van der Waals surface area contributed by atoms with E-state index in [0.717, 1.165) is 22.6 Å². The summed E-state index contributed by atoms with van der Waals surface area (Å²) >= 11 is 0. The van der Waals surface area contributed by atoms with Crippen LogP contribution in [0.2, 0.25) is 0 Å². The molecule has 1 N–H and O–H groups in total. The lowest BCUT2D eigenvalue weighted by molar-refractivity contribution is -0.137. The van der Waals surface area contributed by atoms with E-state index in [1.807, 2.05) is 30.3 Å². The smallest absolute Gasteiger partial charge is 0.416 e. The van der Waals surface area contributed by atoms with Gasteiger partial charge in [-0.25, -0.2) is 9.42 Å². The third kappa shape index (κ3) is 5.34. The van der Waals surface area contributed by atoms with Crippen LogP contribution >= 0.6 is 0 Å². The highest BCUT2D eigenvalue weighted by atomic mass is 19.4. The normalized spacial score (nSPS) is 11.2. The van der Waals surface area contributed by atoms with Crippen LogP contribution in [0.3, 0.4) is 0 Å². The molecular formula is C24H19F3N4O3. The van der Waals surface area contributed by atoms with Gasteiger partial charge in [-0.15, -0.1) is 0 Å². The Balaban J connectivity index is 1.41. The quantitative estimate of drug-likeness (QED) is 0.375. The number of hydrogen-bond donors (Lipinski definition) is 1. The van der Waals surface area contributed by atoms with Crippen LogP contribution in [0.25, 0.3) is 11.3 Å². The number of hydrogen-bond acceptors (Lipinski definition) is 5. The monoisotopic (exact) mass is 468 g/mol. The molecule has 0 saturated carbocycles. The van der Waals surface area contributed by atoms with Crippen LogP contribution in [0, 0.1) is 0 Å². The summed E-state index contributed by atoms with van der Waals surface area (Å²) in [6, 6.07) is 20.3. The van der Waals surface area contributed by atoms with Gasteiger partial charge in [-0.05, 0) is 64.4 Å². The molecule has 0 aliphatic rings. The number of carbonyl (C=O) groups excluding carboxylic acids is 1. The number of anilines is 2. The molecule has 1 heterocycles. The minimum atomic E-state index is -4.46. The average molecular weight is 468 g/mol. The van der Waals surface area contributed by atoms with E-state index < -0.39 is 17.8 Å². The molecule has 4 rings (SSSR count). The molecule has 4 aromatic rings. The van der Waals surface area contributed by atoms with Crippen LogP contribution < -0.4 is 15.0 Å². The summed E-state index contributed by atoms with van der Waals surface area (Å²) in [4.78, 5) is 13.8. The molecule has 0 unspecified atom stereocenters. The number of alkyl halides is 3. The van der Waals surface area contributed by atoms with Crippen LogP contribution in [0.4, 0.5) is 29.5 Å². The second kappa shape index (κ2) is 9.65. The Kier molecular flexibility index (Phi) is 6.48. The highest BCUT2D eigenvalue weighted by Crippen LogP contribution is 2.31. The molecule has 0 radical (unpaired) electrons. The van der Waals surface area contributed by atoms with Gasteiger partial charge in [-0.3, -0.25) is 10.2 Å². The second-order valence-corrected chi connectivity index (χ2v) is 7.29. The number of ether oxygens (including phenoxy) is 1. The van der Waals surface area contributed by atoms with Crippen LogP contribution in [0.15, 0.2) is 83.5 Å². The molecule has 0 spiro atoms. The third-order valence-corrected chi connectivity index (χ3v) is 4.98. The summed E-state index contributed by atoms with van der Waals surface area (Å²) in [6.45, 7) is 0.420. The van der Waals surface area contributed by atoms with Crippen molar-refractivity contribution in [1.29, 1.82) is 0 Å². The molecule has 34 heavy (non-hydrogen) atoms. The zero-order valence-electron chi connectivity index (χ0n) is 17.9. The van der Waals surface area contributed by atoms with Crippen molar-refractivity contribution in [3.05, 3.63) is 90.0 Å². The van der Waals surface area contributed by atoms with Gasteiger partial charge in [-0.1, -0.05) is 30.3 Å². The van der Waals surface area contributed by atoms with Crippen LogP contribution in [0.5, 0.6) is 5.75 Å². The maximum Gasteiger partial charge on any atom is 0.416 e. The Morgan fingerprint density at radius 2 is 1.65 bits per heavy atom. The Hall–Kier alpha value is -4.34. The zero-order chi connectivity index (χ0) is 24.1. The van der Waals surface area contributed by atoms with Crippen molar-refractivity contribution in [3.63, 3.8) is 0 Å². The fourth-order valence-corrected chi connectivity index (χ4v) is 3.09. The average Bonchev–Trinajstić information content (AvgIpc) is 3.31. The number of nitrogens with zero attached hydrogens (tertiary/aromatic N) is 3. The van der Waals surface area contributed by atoms with Crippen LogP contribution in [0.1, 0.15) is 11.1 Å². The summed E-state index contributed by atoms with van der Waals surface area (Å²) in [6.07, 6.45) is -4.46. The molecule has 0 aliphatic heterocycles. The van der Waals surface area contributed by atoms with Crippen molar-refractivity contribution in [1.82, 2.24) is 10.3 Å². The Labute approximate surface area is 192 Å². The topological polar surface area (TPSA) is 80.5 Å². The molecule has 0 saturated heterocycles. The first-order chi connectivity index (χ1) is 16.3. The second-order valence-electron chi connectivity index (χ2n) is 7.29. The lowest BCUT2D eigenvalue weighted by Gasteiger charge is -2.18. The van der Waals surface area contributed by atoms with Gasteiger partial charge >= 0.3 is 12.2 Å². The van der Waals surface area contributed by atoms with Gasteiger partial charge in [0.25, 0.3) is 0 Å². The van der Waals surface area contributed by atoms with Crippen LogP contribution in [-0.4, -0.2) is 23.4 Å². The summed E-state index contributed by atoms with van der Waals surface area (Å²) in [5.41, 5.74) is 1.42. The predicted molar refractivity (Wildman–Crippen MR) is 119 cm³/mol. The molecular weight excluding hydrogens is 449 g/mol. The SMILES string of the molecule is CN(C(=O)Nc1nonc1-c1ccc(OCc2ccccc2)cc1)c1ccc(C(F)(F)F)cc1. The van der Waals surface area contributed by atoms with Crippen molar-refractivity contribution in [2.75, 3.05) is 17.3 Å². The molecule has 0 aliphatic carbocycles. The fraction of sp³-hybridized carbons (Fsp3) is 0.125. The molecule has 1 aromatic heterocycles. The molecule has 3 aromatic carbocycles. The minimum Gasteiger partial charge on any atom is -0.489 e. The first-order valence-electron chi connectivity index (χ1n) is 10.1. The molecule has 2 amide bonds. The Morgan fingerprint density at radius 1 is 0.971 bits per heavy atom. The van der Waals surface area contributed by atoms with E-state index in [2.05, 4.69) is 15.6 Å². The standard InChI is InChI=1S/C24H19F3N4O3/c1-31(19-11-9-18(10-12-19)24(25,26)27)23(32)28-22-21(29-34-30-22)17-7-13-20(14-8-17)33-15-16-5-3-2-4-6-16/h2-14H,15H2,1H3,(H,28,30,32). The van der Waals surface area contributed by atoms with Gasteiger partial charge in [-0.2, -0.15) is 13.2 Å². The summed E-state index contributed by atoms with van der Waals surface area (Å²) in [5.74, 6) is 0.721. The summed E-state index contributed by atoms with van der Waals surface area (Å²) in [7, 11) is 1.42. The lowest BCUT2D eigenvalue weighted by Crippen LogP contribution is -2.31. The van der Waals surface area contributed by atoms with Gasteiger partial charge in [0.1, 0.15) is 12.4 Å². The zero-order valence-corrected chi connectivity index (χ0v) is 17.9. The maximum atomic E-state index is 12.8. The van der Waals surface area contributed by atoms with E-state index in [1.54, 1.807) is 24.3 Å².